The summed E-state index contributed by atoms with van der Waals surface area (Å²) < 4.78 is 0. The third kappa shape index (κ3) is 4.71. The van der Waals surface area contributed by atoms with Gasteiger partial charge in [0.05, 0.1) is 17.5 Å². The molecule has 7 nitrogen and oxygen atoms in total. The zero-order chi connectivity index (χ0) is 24.4. The predicted octanol–water partition coefficient (Wildman–Crippen LogP) is 4.28. The Balaban J connectivity index is 1.25. The van der Waals surface area contributed by atoms with Crippen molar-refractivity contribution in [2.45, 2.75) is 39.0 Å². The second kappa shape index (κ2) is 10.00. The molecule has 2 heterocycles. The van der Waals surface area contributed by atoms with E-state index in [4.69, 9.17) is 0 Å². The number of amides is 3. The Hall–Kier alpha value is -3.52. The molecule has 0 spiro atoms. The minimum atomic E-state index is -0.466. The second-order valence-corrected chi connectivity index (χ2v) is 10.1. The number of aryl methyl sites for hydroxylation is 1. The highest BCUT2D eigenvalue weighted by molar-refractivity contribution is 7.17. The first-order valence-corrected chi connectivity index (χ1v) is 12.9. The lowest BCUT2D eigenvalue weighted by Crippen LogP contribution is -2.49. The van der Waals surface area contributed by atoms with Gasteiger partial charge in [-0.2, -0.15) is 0 Å². The molecule has 3 aromatic rings. The quantitative estimate of drug-likeness (QED) is 0.537. The first kappa shape index (κ1) is 23.2. The van der Waals surface area contributed by atoms with Crippen molar-refractivity contribution in [2.75, 3.05) is 11.4 Å². The minimum absolute atomic E-state index is 0.00642. The van der Waals surface area contributed by atoms with E-state index in [0.29, 0.717) is 30.0 Å². The number of anilines is 1. The van der Waals surface area contributed by atoms with Gasteiger partial charge in [0.2, 0.25) is 11.8 Å². The molecule has 0 radical (unpaired) electrons. The highest BCUT2D eigenvalue weighted by Gasteiger charge is 2.39. The number of rotatable bonds is 4. The maximum Gasteiger partial charge on any atom is 0.281 e. The zero-order valence-electron chi connectivity index (χ0n) is 19.6. The number of thiazole rings is 1. The van der Waals surface area contributed by atoms with Crippen molar-refractivity contribution in [3.8, 4) is 10.6 Å². The standard InChI is InChI=1S/C27H28N4O3S/c1-17-23(35-26(28-17)19-10-3-2-4-11-19)25(33)30-29-24(32)20-12-6-7-13-21(20)27(34)31-16-15-18-9-5-8-14-22(18)31/h2-5,8-11,14,20-21H,6-7,12-13,15-16H2,1H3,(H,29,32)(H,30,33). The number of benzene rings is 2. The van der Waals surface area contributed by atoms with Gasteiger partial charge in [-0.1, -0.05) is 61.4 Å². The molecule has 1 fully saturated rings. The Morgan fingerprint density at radius 2 is 1.66 bits per heavy atom. The van der Waals surface area contributed by atoms with Crippen molar-refractivity contribution in [1.82, 2.24) is 15.8 Å². The number of hydrogen-bond acceptors (Lipinski definition) is 5. The van der Waals surface area contributed by atoms with E-state index in [0.717, 1.165) is 35.5 Å². The van der Waals surface area contributed by atoms with Gasteiger partial charge in [0.15, 0.2) is 0 Å². The van der Waals surface area contributed by atoms with Gasteiger partial charge < -0.3 is 4.90 Å². The maximum atomic E-state index is 13.5. The summed E-state index contributed by atoms with van der Waals surface area (Å²) in [5.74, 6) is -1.56. The van der Waals surface area contributed by atoms with Crippen molar-refractivity contribution in [2.24, 2.45) is 11.8 Å². The van der Waals surface area contributed by atoms with Gasteiger partial charge in [-0.25, -0.2) is 4.98 Å². The van der Waals surface area contributed by atoms with E-state index >= 15 is 0 Å². The lowest BCUT2D eigenvalue weighted by molar-refractivity contribution is -0.135. The fourth-order valence-electron chi connectivity index (χ4n) is 5.09. The molecular formula is C27H28N4O3S. The lowest BCUT2D eigenvalue weighted by Gasteiger charge is -2.32. The zero-order valence-corrected chi connectivity index (χ0v) is 20.4. The molecule has 2 aromatic carbocycles. The second-order valence-electron chi connectivity index (χ2n) is 9.11. The molecule has 0 saturated heterocycles. The summed E-state index contributed by atoms with van der Waals surface area (Å²) >= 11 is 1.29. The Morgan fingerprint density at radius 1 is 0.943 bits per heavy atom. The van der Waals surface area contributed by atoms with Gasteiger partial charge in [-0.05, 0) is 37.8 Å². The largest absolute Gasteiger partial charge is 0.312 e. The molecule has 180 valence electrons. The molecule has 5 rings (SSSR count). The number of fused-ring (bicyclic) bond motifs is 1. The van der Waals surface area contributed by atoms with E-state index in [1.165, 1.54) is 16.9 Å². The first-order valence-electron chi connectivity index (χ1n) is 12.1. The summed E-state index contributed by atoms with van der Waals surface area (Å²) in [5.41, 5.74) is 8.81. The molecule has 0 bridgehead atoms. The minimum Gasteiger partial charge on any atom is -0.312 e. The van der Waals surface area contributed by atoms with Crippen LogP contribution in [-0.4, -0.2) is 29.3 Å². The van der Waals surface area contributed by atoms with E-state index in [-0.39, 0.29) is 17.7 Å². The van der Waals surface area contributed by atoms with Crippen LogP contribution in [0.2, 0.25) is 0 Å². The topological polar surface area (TPSA) is 91.4 Å². The number of aromatic nitrogens is 1. The molecule has 1 aromatic heterocycles. The van der Waals surface area contributed by atoms with Crippen molar-refractivity contribution in [3.63, 3.8) is 0 Å². The van der Waals surface area contributed by atoms with Crippen LogP contribution in [0.15, 0.2) is 54.6 Å². The highest BCUT2D eigenvalue weighted by atomic mass is 32.1. The Labute approximate surface area is 208 Å². The van der Waals surface area contributed by atoms with Crippen LogP contribution in [-0.2, 0) is 16.0 Å². The van der Waals surface area contributed by atoms with Crippen LogP contribution in [0.25, 0.3) is 10.6 Å². The summed E-state index contributed by atoms with van der Waals surface area (Å²) in [4.78, 5) is 46.2. The Kier molecular flexibility index (Phi) is 6.63. The molecule has 2 N–H and O–H groups in total. The van der Waals surface area contributed by atoms with Gasteiger partial charge in [-0.15, -0.1) is 11.3 Å². The summed E-state index contributed by atoms with van der Waals surface area (Å²) in [7, 11) is 0. The molecule has 2 atom stereocenters. The smallest absolute Gasteiger partial charge is 0.281 e. The lowest BCUT2D eigenvalue weighted by atomic mass is 9.78. The third-order valence-electron chi connectivity index (χ3n) is 6.90. The molecule has 2 aliphatic rings. The van der Waals surface area contributed by atoms with Crippen LogP contribution < -0.4 is 15.8 Å². The normalized spacial score (nSPS) is 19.2. The van der Waals surface area contributed by atoms with Crippen LogP contribution in [0, 0.1) is 18.8 Å². The maximum absolute atomic E-state index is 13.5. The van der Waals surface area contributed by atoms with Crippen molar-refractivity contribution >= 4 is 34.7 Å². The Morgan fingerprint density at radius 3 is 2.46 bits per heavy atom. The molecule has 2 unspecified atom stereocenters. The van der Waals surface area contributed by atoms with Crippen LogP contribution in [0.1, 0.15) is 46.6 Å². The van der Waals surface area contributed by atoms with E-state index < -0.39 is 11.8 Å². The van der Waals surface area contributed by atoms with Crippen molar-refractivity contribution in [1.29, 1.82) is 0 Å². The number of carbonyl (C=O) groups is 3. The van der Waals surface area contributed by atoms with Crippen LogP contribution in [0.3, 0.4) is 0 Å². The van der Waals surface area contributed by atoms with Crippen molar-refractivity contribution < 1.29 is 14.4 Å². The van der Waals surface area contributed by atoms with Crippen LogP contribution in [0.5, 0.6) is 0 Å². The van der Waals surface area contributed by atoms with E-state index in [2.05, 4.69) is 15.8 Å². The number of hydrogen-bond donors (Lipinski definition) is 2. The monoisotopic (exact) mass is 488 g/mol. The third-order valence-corrected chi connectivity index (χ3v) is 8.10. The summed E-state index contributed by atoms with van der Waals surface area (Å²) in [6, 6.07) is 17.6. The number of nitrogens with zero attached hydrogens (tertiary/aromatic N) is 2. The van der Waals surface area contributed by atoms with Gasteiger partial charge in [-0.3, -0.25) is 25.2 Å². The SMILES string of the molecule is Cc1nc(-c2ccccc2)sc1C(=O)NNC(=O)C1CCCCC1C(=O)N1CCc2ccccc21. The molecule has 1 aliphatic carbocycles. The fraction of sp³-hybridized carbons (Fsp3) is 0.333. The molecule has 3 amide bonds. The van der Waals surface area contributed by atoms with Gasteiger partial charge in [0.25, 0.3) is 5.91 Å². The van der Waals surface area contributed by atoms with Gasteiger partial charge in [0.1, 0.15) is 9.88 Å². The van der Waals surface area contributed by atoms with Gasteiger partial charge in [0, 0.05) is 17.8 Å². The number of hydrazine groups is 1. The molecule has 1 saturated carbocycles. The summed E-state index contributed by atoms with van der Waals surface area (Å²) in [6.07, 6.45) is 3.95. The molecule has 8 heteroatoms. The number of para-hydroxylation sites is 1. The molecular weight excluding hydrogens is 460 g/mol. The number of carbonyl (C=O) groups excluding carboxylic acids is 3. The highest BCUT2D eigenvalue weighted by Crippen LogP contribution is 2.36. The molecule has 35 heavy (non-hydrogen) atoms. The average Bonchev–Trinajstić information content (AvgIpc) is 3.51. The van der Waals surface area contributed by atoms with Crippen LogP contribution >= 0.6 is 11.3 Å². The summed E-state index contributed by atoms with van der Waals surface area (Å²) in [5, 5.41) is 0.753. The first-order chi connectivity index (χ1) is 17.0. The van der Waals surface area contributed by atoms with E-state index in [9.17, 15) is 14.4 Å². The van der Waals surface area contributed by atoms with E-state index in [1.807, 2.05) is 59.5 Å². The average molecular weight is 489 g/mol. The molecule has 1 aliphatic heterocycles. The van der Waals surface area contributed by atoms with Crippen molar-refractivity contribution in [3.05, 3.63) is 70.7 Å². The predicted molar refractivity (Wildman–Crippen MR) is 136 cm³/mol. The summed E-state index contributed by atoms with van der Waals surface area (Å²) in [6.45, 7) is 2.43. The fourth-order valence-corrected chi connectivity index (χ4v) is 6.05. The van der Waals surface area contributed by atoms with E-state index in [1.54, 1.807) is 6.92 Å². The Bertz CT molecular complexity index is 1260. The van der Waals surface area contributed by atoms with Crippen LogP contribution in [0.4, 0.5) is 5.69 Å². The number of nitrogens with one attached hydrogen (secondary N) is 2. The van der Waals surface area contributed by atoms with Gasteiger partial charge >= 0.3 is 0 Å².